The van der Waals surface area contributed by atoms with Crippen molar-refractivity contribution in [3.63, 3.8) is 0 Å². The van der Waals surface area contributed by atoms with Gasteiger partial charge in [-0.1, -0.05) is 6.42 Å². The molecular formula is C14H26O2Si. The van der Waals surface area contributed by atoms with Gasteiger partial charge in [0.25, 0.3) is 5.95 Å². The van der Waals surface area contributed by atoms with Crippen molar-refractivity contribution in [3.05, 3.63) is 11.5 Å². The fourth-order valence-corrected chi connectivity index (χ4v) is 4.29. The van der Waals surface area contributed by atoms with E-state index in [4.69, 9.17) is 9.16 Å². The molecule has 2 saturated carbocycles. The summed E-state index contributed by atoms with van der Waals surface area (Å²) in [7, 11) is 0.183. The molecule has 2 fully saturated rings. The molecule has 2 bridgehead atoms. The van der Waals surface area contributed by atoms with Crippen molar-refractivity contribution in [2.24, 2.45) is 17.8 Å². The number of methoxy groups -OCH3 is 1. The Bertz CT molecular complexity index is 317. The first-order chi connectivity index (χ1) is 7.90. The van der Waals surface area contributed by atoms with Gasteiger partial charge in [-0.3, -0.25) is 0 Å². The monoisotopic (exact) mass is 254 g/mol. The van der Waals surface area contributed by atoms with Crippen LogP contribution >= 0.6 is 0 Å². The maximum atomic E-state index is 6.07. The summed E-state index contributed by atoms with van der Waals surface area (Å²) in [6.45, 7) is 8.84. The van der Waals surface area contributed by atoms with E-state index >= 15 is 0 Å². The van der Waals surface area contributed by atoms with Gasteiger partial charge in [0, 0.05) is 5.57 Å². The second-order valence-corrected chi connectivity index (χ2v) is 11.1. The topological polar surface area (TPSA) is 18.5 Å². The van der Waals surface area contributed by atoms with Gasteiger partial charge in [0.05, 0.1) is 7.11 Å². The lowest BCUT2D eigenvalue weighted by molar-refractivity contribution is 0.135. The Morgan fingerprint density at radius 3 is 2.24 bits per heavy atom. The molecule has 0 aromatic rings. The van der Waals surface area contributed by atoms with Gasteiger partial charge < -0.3 is 9.16 Å². The molecule has 0 N–H and O–H groups in total. The van der Waals surface area contributed by atoms with E-state index in [0.29, 0.717) is 0 Å². The summed E-state index contributed by atoms with van der Waals surface area (Å²) < 4.78 is 11.6. The summed E-state index contributed by atoms with van der Waals surface area (Å²) in [6.07, 6.45) is 5.66. The minimum absolute atomic E-state index is 0.722. The van der Waals surface area contributed by atoms with Gasteiger partial charge in [0.1, 0.15) is 0 Å². The molecule has 3 heteroatoms. The van der Waals surface area contributed by atoms with E-state index in [2.05, 4.69) is 26.6 Å². The van der Waals surface area contributed by atoms with Crippen LogP contribution < -0.4 is 0 Å². The highest BCUT2D eigenvalue weighted by Gasteiger charge is 2.41. The molecular weight excluding hydrogens is 228 g/mol. The van der Waals surface area contributed by atoms with Gasteiger partial charge in [-0.15, -0.1) is 0 Å². The highest BCUT2D eigenvalue weighted by atomic mass is 28.4. The zero-order valence-electron chi connectivity index (χ0n) is 11.9. The van der Waals surface area contributed by atoms with Crippen LogP contribution in [0.3, 0.4) is 0 Å². The molecule has 3 atom stereocenters. The minimum Gasteiger partial charge on any atom is -0.520 e. The summed E-state index contributed by atoms with van der Waals surface area (Å²) in [5.41, 5.74) is 1.36. The van der Waals surface area contributed by atoms with Gasteiger partial charge in [-0.05, 0) is 63.6 Å². The highest BCUT2D eigenvalue weighted by molar-refractivity contribution is 6.70. The van der Waals surface area contributed by atoms with E-state index in [0.717, 1.165) is 23.7 Å². The Kier molecular flexibility index (Phi) is 3.57. The molecule has 2 aliphatic carbocycles. The number of rotatable bonds is 4. The Labute approximate surface area is 107 Å². The predicted octanol–water partition coefficient (Wildman–Crippen LogP) is 4.15. The van der Waals surface area contributed by atoms with Crippen LogP contribution in [-0.4, -0.2) is 15.4 Å². The van der Waals surface area contributed by atoms with Gasteiger partial charge >= 0.3 is 0 Å². The molecule has 2 aliphatic rings. The lowest BCUT2D eigenvalue weighted by Gasteiger charge is -2.27. The average Bonchev–Trinajstić information content (AvgIpc) is 2.85. The third-order valence-corrected chi connectivity index (χ3v) is 5.00. The summed E-state index contributed by atoms with van der Waals surface area (Å²) in [5.74, 6) is 3.42. The third kappa shape index (κ3) is 2.87. The van der Waals surface area contributed by atoms with E-state index < -0.39 is 8.32 Å². The first-order valence-corrected chi connectivity index (χ1v) is 10.3. The molecule has 0 aromatic heterocycles. The van der Waals surface area contributed by atoms with Crippen LogP contribution in [0.15, 0.2) is 11.5 Å². The smallest absolute Gasteiger partial charge is 0.264 e. The van der Waals surface area contributed by atoms with Crippen molar-refractivity contribution in [1.82, 2.24) is 0 Å². The maximum Gasteiger partial charge on any atom is 0.264 e. The maximum absolute atomic E-state index is 6.07. The largest absolute Gasteiger partial charge is 0.520 e. The van der Waals surface area contributed by atoms with E-state index in [1.165, 1.54) is 31.3 Å². The number of allylic oxidation sites excluding steroid dienone is 1. The van der Waals surface area contributed by atoms with Crippen molar-refractivity contribution in [1.29, 1.82) is 0 Å². The zero-order valence-corrected chi connectivity index (χ0v) is 12.9. The molecule has 0 aromatic carbocycles. The molecule has 2 rings (SSSR count). The van der Waals surface area contributed by atoms with E-state index in [9.17, 15) is 0 Å². The predicted molar refractivity (Wildman–Crippen MR) is 73.1 cm³/mol. The molecule has 0 aliphatic heterocycles. The second kappa shape index (κ2) is 4.67. The molecule has 98 valence electrons. The lowest BCUT2D eigenvalue weighted by atomic mass is 9.84. The van der Waals surface area contributed by atoms with Crippen molar-refractivity contribution in [2.75, 3.05) is 7.11 Å². The van der Waals surface area contributed by atoms with E-state index in [1.807, 2.05) is 0 Å². The van der Waals surface area contributed by atoms with Crippen LogP contribution in [0, 0.1) is 17.8 Å². The summed E-state index contributed by atoms with van der Waals surface area (Å²) in [6, 6.07) is 0. The third-order valence-electron chi connectivity index (χ3n) is 4.20. The summed E-state index contributed by atoms with van der Waals surface area (Å²) in [4.78, 5) is 0. The minimum atomic E-state index is -1.56. The van der Waals surface area contributed by atoms with Crippen LogP contribution in [0.2, 0.25) is 19.6 Å². The number of ether oxygens (including phenoxy) is 1. The van der Waals surface area contributed by atoms with Crippen LogP contribution in [0.1, 0.15) is 32.6 Å². The van der Waals surface area contributed by atoms with Crippen molar-refractivity contribution in [3.8, 4) is 0 Å². The lowest BCUT2D eigenvalue weighted by Crippen LogP contribution is -2.27. The average molecular weight is 254 g/mol. The molecule has 0 saturated heterocycles. The van der Waals surface area contributed by atoms with E-state index in [-0.39, 0.29) is 0 Å². The molecule has 3 unspecified atom stereocenters. The fraction of sp³-hybridized carbons (Fsp3) is 0.857. The van der Waals surface area contributed by atoms with Gasteiger partial charge in [-0.25, -0.2) is 0 Å². The number of fused-ring (bicyclic) bond motifs is 2. The van der Waals surface area contributed by atoms with Crippen LogP contribution in [-0.2, 0) is 9.16 Å². The van der Waals surface area contributed by atoms with Crippen LogP contribution in [0.25, 0.3) is 0 Å². The van der Waals surface area contributed by atoms with Crippen LogP contribution in [0.4, 0.5) is 0 Å². The number of hydrogen-bond acceptors (Lipinski definition) is 2. The quantitative estimate of drug-likeness (QED) is 0.554. The number of hydrogen-bond donors (Lipinski definition) is 0. The summed E-state index contributed by atoms with van der Waals surface area (Å²) in [5, 5.41) is 0. The first-order valence-electron chi connectivity index (χ1n) is 6.84. The van der Waals surface area contributed by atoms with Crippen LogP contribution in [0.5, 0.6) is 0 Å². The van der Waals surface area contributed by atoms with Crippen molar-refractivity contribution >= 4 is 8.32 Å². The Morgan fingerprint density at radius 2 is 1.82 bits per heavy atom. The van der Waals surface area contributed by atoms with Crippen molar-refractivity contribution < 1.29 is 9.16 Å². The molecule has 17 heavy (non-hydrogen) atoms. The van der Waals surface area contributed by atoms with Crippen molar-refractivity contribution in [2.45, 2.75) is 52.2 Å². The Hall–Kier alpha value is -0.443. The SMILES string of the molecule is COC(O[Si](C)(C)C)=C(C)C1CC2CCC1C2. The molecule has 0 amide bonds. The van der Waals surface area contributed by atoms with Gasteiger partial charge in [-0.2, -0.15) is 0 Å². The second-order valence-electron chi connectivity index (χ2n) is 6.67. The van der Waals surface area contributed by atoms with Gasteiger partial charge in [0.15, 0.2) is 0 Å². The highest BCUT2D eigenvalue weighted by Crippen LogP contribution is 2.51. The summed E-state index contributed by atoms with van der Waals surface area (Å²) >= 11 is 0. The normalized spacial score (nSPS) is 33.6. The van der Waals surface area contributed by atoms with E-state index in [1.54, 1.807) is 7.11 Å². The molecule has 2 nitrogen and oxygen atoms in total. The first kappa shape index (κ1) is 13.0. The molecule has 0 spiro atoms. The Morgan fingerprint density at radius 1 is 1.12 bits per heavy atom. The fourth-order valence-electron chi connectivity index (χ4n) is 3.49. The molecule has 0 heterocycles. The zero-order chi connectivity index (χ0) is 12.6. The van der Waals surface area contributed by atoms with Gasteiger partial charge in [0.2, 0.25) is 8.32 Å². The Balaban J connectivity index is 2.12. The molecule has 0 radical (unpaired) electrons. The standard InChI is InChI=1S/C14H26O2Si/c1-10(14(15-2)16-17(3,4)5)13-9-11-6-7-12(13)8-11/h11-13H,6-9H2,1-5H3.